The van der Waals surface area contributed by atoms with Crippen LogP contribution in [-0.4, -0.2) is 23.7 Å². The first kappa shape index (κ1) is 15.6. The van der Waals surface area contributed by atoms with Gasteiger partial charge in [-0.3, -0.25) is 0 Å². The zero-order valence-corrected chi connectivity index (χ0v) is 13.3. The lowest BCUT2D eigenvalue weighted by Crippen LogP contribution is -2.04. The van der Waals surface area contributed by atoms with Crippen molar-refractivity contribution in [2.75, 3.05) is 19.0 Å². The number of nitrogens with zero attached hydrogens (tertiary/aromatic N) is 2. The number of hydrogen-bond donors (Lipinski definition) is 1. The first-order chi connectivity index (χ1) is 11.8. The predicted octanol–water partition coefficient (Wildman–Crippen LogP) is 3.26. The van der Waals surface area contributed by atoms with Crippen molar-refractivity contribution in [1.29, 1.82) is 0 Å². The third-order valence-electron chi connectivity index (χ3n) is 3.54. The van der Waals surface area contributed by atoms with Crippen LogP contribution in [-0.2, 0) is 6.54 Å². The van der Waals surface area contributed by atoms with Crippen LogP contribution in [0.4, 0.5) is 5.82 Å². The van der Waals surface area contributed by atoms with Crippen molar-refractivity contribution < 1.29 is 9.47 Å². The van der Waals surface area contributed by atoms with Gasteiger partial charge in [0.25, 0.3) is 0 Å². The summed E-state index contributed by atoms with van der Waals surface area (Å²) in [6.45, 7) is 0.793. The third-order valence-corrected chi connectivity index (χ3v) is 3.54. The normalized spacial score (nSPS) is 10.2. The minimum Gasteiger partial charge on any atom is -0.493 e. The lowest BCUT2D eigenvalue weighted by molar-refractivity contribution is 0.330. The molecule has 0 saturated heterocycles. The highest BCUT2D eigenvalue weighted by Gasteiger charge is 2.07. The van der Waals surface area contributed by atoms with E-state index in [1.807, 2.05) is 42.5 Å². The lowest BCUT2D eigenvalue weighted by Gasteiger charge is -2.12. The molecule has 2 aromatic carbocycles. The fraction of sp³-hybridized carbons (Fsp3) is 0.158. The van der Waals surface area contributed by atoms with Gasteiger partial charge in [-0.2, -0.15) is 0 Å². The zero-order valence-electron chi connectivity index (χ0n) is 13.3. The Kier molecular flexibility index (Phi) is 4.78. The number of para-hydroxylation sites is 1. The molecule has 1 N–H and O–H groups in total. The summed E-state index contributed by atoms with van der Waals surface area (Å²) in [6, 6.07) is 13.6. The van der Waals surface area contributed by atoms with Crippen molar-refractivity contribution >= 4 is 16.7 Å². The number of aromatic nitrogens is 2. The fourth-order valence-electron chi connectivity index (χ4n) is 2.39. The molecule has 0 saturated carbocycles. The lowest BCUT2D eigenvalue weighted by atomic mass is 10.2. The topological polar surface area (TPSA) is 56.3 Å². The van der Waals surface area contributed by atoms with Crippen LogP contribution in [0.5, 0.6) is 11.5 Å². The monoisotopic (exact) mass is 319 g/mol. The van der Waals surface area contributed by atoms with E-state index in [-0.39, 0.29) is 6.61 Å². The van der Waals surface area contributed by atoms with Crippen LogP contribution >= 0.6 is 0 Å². The Bertz CT molecular complexity index is 882. The molecule has 5 heteroatoms. The highest BCUT2D eigenvalue weighted by atomic mass is 16.5. The van der Waals surface area contributed by atoms with Crippen molar-refractivity contribution in [3.63, 3.8) is 0 Å². The van der Waals surface area contributed by atoms with E-state index in [1.54, 1.807) is 13.4 Å². The van der Waals surface area contributed by atoms with Gasteiger partial charge in [-0.15, -0.1) is 6.42 Å². The molecule has 0 amide bonds. The number of ether oxygens (including phenoxy) is 2. The van der Waals surface area contributed by atoms with Crippen LogP contribution in [0.1, 0.15) is 5.56 Å². The minimum atomic E-state index is 0.198. The standard InChI is InChI=1S/C19H17N3O2/c1-3-10-24-18-11-14(8-9-17(18)23-2)12-20-19-15-6-4-5-7-16(15)21-13-22-19/h1,4-9,11,13H,10,12H2,2H3,(H,20,21,22). The van der Waals surface area contributed by atoms with Crippen LogP contribution in [0.3, 0.4) is 0 Å². The summed E-state index contributed by atoms with van der Waals surface area (Å²) >= 11 is 0. The second-order valence-electron chi connectivity index (χ2n) is 5.07. The van der Waals surface area contributed by atoms with Gasteiger partial charge in [0.1, 0.15) is 18.8 Å². The first-order valence-electron chi connectivity index (χ1n) is 7.48. The van der Waals surface area contributed by atoms with Crippen LogP contribution in [0.2, 0.25) is 0 Å². The number of benzene rings is 2. The van der Waals surface area contributed by atoms with Crippen LogP contribution in [0.25, 0.3) is 10.9 Å². The second-order valence-corrected chi connectivity index (χ2v) is 5.07. The van der Waals surface area contributed by atoms with Gasteiger partial charge in [0, 0.05) is 11.9 Å². The Morgan fingerprint density at radius 1 is 1.12 bits per heavy atom. The molecule has 0 aliphatic carbocycles. The quantitative estimate of drug-likeness (QED) is 0.707. The number of anilines is 1. The van der Waals surface area contributed by atoms with E-state index in [4.69, 9.17) is 15.9 Å². The van der Waals surface area contributed by atoms with E-state index in [0.29, 0.717) is 18.0 Å². The van der Waals surface area contributed by atoms with E-state index in [2.05, 4.69) is 21.2 Å². The van der Waals surface area contributed by atoms with E-state index in [9.17, 15) is 0 Å². The molecule has 5 nitrogen and oxygen atoms in total. The van der Waals surface area contributed by atoms with Crippen molar-refractivity contribution in [2.45, 2.75) is 6.54 Å². The van der Waals surface area contributed by atoms with Gasteiger partial charge >= 0.3 is 0 Å². The fourth-order valence-corrected chi connectivity index (χ4v) is 2.39. The summed E-state index contributed by atoms with van der Waals surface area (Å²) in [7, 11) is 1.60. The average Bonchev–Trinajstić information content (AvgIpc) is 2.64. The molecular weight excluding hydrogens is 302 g/mol. The summed E-state index contributed by atoms with van der Waals surface area (Å²) in [6.07, 6.45) is 6.81. The zero-order chi connectivity index (χ0) is 16.8. The Morgan fingerprint density at radius 2 is 2.00 bits per heavy atom. The molecule has 0 aliphatic heterocycles. The Hall–Kier alpha value is -3.26. The van der Waals surface area contributed by atoms with E-state index < -0.39 is 0 Å². The molecule has 0 spiro atoms. The van der Waals surface area contributed by atoms with Crippen molar-refractivity contribution in [2.24, 2.45) is 0 Å². The average molecular weight is 319 g/mol. The van der Waals surface area contributed by atoms with E-state index in [1.165, 1.54) is 0 Å². The molecule has 0 atom stereocenters. The van der Waals surface area contributed by atoms with Gasteiger partial charge in [0.05, 0.1) is 12.6 Å². The van der Waals surface area contributed by atoms with Gasteiger partial charge in [-0.1, -0.05) is 24.1 Å². The molecular formula is C19H17N3O2. The molecule has 1 aromatic heterocycles. The summed E-state index contributed by atoms with van der Waals surface area (Å²) in [5.74, 6) is 4.53. The maximum Gasteiger partial charge on any atom is 0.162 e. The molecule has 0 aliphatic rings. The minimum absolute atomic E-state index is 0.198. The van der Waals surface area contributed by atoms with Crippen LogP contribution in [0.15, 0.2) is 48.8 Å². The SMILES string of the molecule is C#CCOc1cc(CNc2ncnc3ccccc23)ccc1OC. The summed E-state index contributed by atoms with van der Waals surface area (Å²) < 4.78 is 10.8. The van der Waals surface area contributed by atoms with Gasteiger partial charge in [-0.05, 0) is 29.8 Å². The second kappa shape index (κ2) is 7.34. The first-order valence-corrected chi connectivity index (χ1v) is 7.48. The smallest absolute Gasteiger partial charge is 0.162 e. The molecule has 120 valence electrons. The largest absolute Gasteiger partial charge is 0.493 e. The molecule has 24 heavy (non-hydrogen) atoms. The van der Waals surface area contributed by atoms with Crippen molar-refractivity contribution in [1.82, 2.24) is 9.97 Å². The molecule has 3 rings (SSSR count). The molecule has 3 aromatic rings. The van der Waals surface area contributed by atoms with Crippen LogP contribution in [0, 0.1) is 12.3 Å². The van der Waals surface area contributed by atoms with Crippen molar-refractivity contribution in [3.05, 3.63) is 54.4 Å². The number of methoxy groups -OCH3 is 1. The highest BCUT2D eigenvalue weighted by Crippen LogP contribution is 2.28. The molecule has 0 unspecified atom stereocenters. The van der Waals surface area contributed by atoms with E-state index in [0.717, 1.165) is 22.3 Å². The Morgan fingerprint density at radius 3 is 2.83 bits per heavy atom. The van der Waals surface area contributed by atoms with Gasteiger partial charge < -0.3 is 14.8 Å². The third kappa shape index (κ3) is 3.39. The molecule has 0 fully saturated rings. The Balaban J connectivity index is 1.80. The number of nitrogens with one attached hydrogen (secondary N) is 1. The number of hydrogen-bond acceptors (Lipinski definition) is 5. The van der Waals surface area contributed by atoms with E-state index >= 15 is 0 Å². The number of rotatable bonds is 6. The number of terminal acetylenes is 1. The summed E-state index contributed by atoms with van der Waals surface area (Å²) in [5, 5.41) is 4.32. The highest BCUT2D eigenvalue weighted by molar-refractivity contribution is 5.88. The Labute approximate surface area is 140 Å². The van der Waals surface area contributed by atoms with Gasteiger partial charge in [0.15, 0.2) is 11.5 Å². The molecule has 0 radical (unpaired) electrons. The van der Waals surface area contributed by atoms with Gasteiger partial charge in [-0.25, -0.2) is 9.97 Å². The maximum absolute atomic E-state index is 5.53. The molecule has 0 bridgehead atoms. The maximum atomic E-state index is 5.53. The summed E-state index contributed by atoms with van der Waals surface area (Å²) in [4.78, 5) is 8.58. The van der Waals surface area contributed by atoms with Gasteiger partial charge in [0.2, 0.25) is 0 Å². The van der Waals surface area contributed by atoms with Crippen molar-refractivity contribution in [3.8, 4) is 23.8 Å². The number of fused-ring (bicyclic) bond motifs is 1. The summed E-state index contributed by atoms with van der Waals surface area (Å²) in [5.41, 5.74) is 1.94. The van der Waals surface area contributed by atoms with Crippen LogP contribution < -0.4 is 14.8 Å². The molecule has 1 heterocycles. The predicted molar refractivity (Wildman–Crippen MR) is 94.2 cm³/mol.